The van der Waals surface area contributed by atoms with Gasteiger partial charge in [-0.15, -0.1) is 11.8 Å². The van der Waals surface area contributed by atoms with Crippen LogP contribution in [0.4, 0.5) is 5.69 Å². The van der Waals surface area contributed by atoms with Crippen LogP contribution < -0.4 is 10.3 Å². The normalized spacial score (nSPS) is 10.7. The quantitative estimate of drug-likeness (QED) is 0.523. The van der Waals surface area contributed by atoms with Gasteiger partial charge >= 0.3 is 0 Å². The lowest BCUT2D eigenvalue weighted by atomic mass is 10.2. The number of carbonyl (C=O) groups excluding carboxylic acids is 1. The molecule has 0 radical (unpaired) electrons. The van der Waals surface area contributed by atoms with Crippen molar-refractivity contribution in [2.45, 2.75) is 4.90 Å². The van der Waals surface area contributed by atoms with Crippen molar-refractivity contribution in [3.05, 3.63) is 59.7 Å². The number of rotatable bonds is 5. The van der Waals surface area contributed by atoms with Crippen LogP contribution in [0.1, 0.15) is 15.9 Å². The number of hydrazone groups is 1. The number of carbonyl (C=O) groups is 1. The Hall–Kier alpha value is -2.27. The van der Waals surface area contributed by atoms with Gasteiger partial charge in [0.25, 0.3) is 5.91 Å². The lowest BCUT2D eigenvalue weighted by Gasteiger charge is -2.12. The highest BCUT2D eigenvalue weighted by atomic mass is 32.2. The van der Waals surface area contributed by atoms with Crippen molar-refractivity contribution in [1.82, 2.24) is 5.43 Å². The summed E-state index contributed by atoms with van der Waals surface area (Å²) in [4.78, 5) is 15.2. The zero-order chi connectivity index (χ0) is 15.9. The van der Waals surface area contributed by atoms with Crippen molar-refractivity contribution in [1.29, 1.82) is 0 Å². The average Bonchev–Trinajstić information content (AvgIpc) is 2.55. The first-order chi connectivity index (χ1) is 10.6. The van der Waals surface area contributed by atoms with Gasteiger partial charge in [0.2, 0.25) is 0 Å². The second kappa shape index (κ2) is 7.66. The van der Waals surface area contributed by atoms with Gasteiger partial charge < -0.3 is 4.90 Å². The first kappa shape index (κ1) is 16.1. The Labute approximate surface area is 135 Å². The summed E-state index contributed by atoms with van der Waals surface area (Å²) in [6.07, 6.45) is 3.67. The van der Waals surface area contributed by atoms with Crippen LogP contribution in [0.5, 0.6) is 0 Å². The van der Waals surface area contributed by atoms with Crippen molar-refractivity contribution in [2.75, 3.05) is 25.3 Å². The zero-order valence-corrected chi connectivity index (χ0v) is 13.7. The molecule has 0 aliphatic rings. The van der Waals surface area contributed by atoms with Crippen molar-refractivity contribution in [2.24, 2.45) is 5.10 Å². The minimum absolute atomic E-state index is 0.220. The van der Waals surface area contributed by atoms with E-state index in [0.29, 0.717) is 5.56 Å². The topological polar surface area (TPSA) is 44.7 Å². The highest BCUT2D eigenvalue weighted by Crippen LogP contribution is 2.14. The molecule has 4 nitrogen and oxygen atoms in total. The number of nitrogens with zero attached hydrogens (tertiary/aromatic N) is 2. The van der Waals surface area contributed by atoms with Gasteiger partial charge in [0, 0.05) is 30.2 Å². The lowest BCUT2D eigenvalue weighted by molar-refractivity contribution is 0.0955. The number of anilines is 1. The van der Waals surface area contributed by atoms with Gasteiger partial charge in [-0.3, -0.25) is 4.79 Å². The predicted molar refractivity (Wildman–Crippen MR) is 94.1 cm³/mol. The van der Waals surface area contributed by atoms with E-state index in [9.17, 15) is 4.79 Å². The molecule has 1 N–H and O–H groups in total. The van der Waals surface area contributed by atoms with E-state index in [4.69, 9.17) is 0 Å². The van der Waals surface area contributed by atoms with Gasteiger partial charge in [0.05, 0.1) is 6.21 Å². The Bertz CT molecular complexity index is 649. The number of amides is 1. The highest BCUT2D eigenvalue weighted by Gasteiger charge is 2.04. The van der Waals surface area contributed by atoms with Crippen LogP contribution >= 0.6 is 11.8 Å². The van der Waals surface area contributed by atoms with Crippen LogP contribution in [0.15, 0.2) is 58.5 Å². The smallest absolute Gasteiger partial charge is 0.271 e. The molecule has 0 aliphatic carbocycles. The highest BCUT2D eigenvalue weighted by molar-refractivity contribution is 7.98. The maximum absolute atomic E-state index is 12.0. The van der Waals surface area contributed by atoms with E-state index in [1.165, 1.54) is 4.90 Å². The van der Waals surface area contributed by atoms with Gasteiger partial charge in [-0.1, -0.05) is 12.1 Å². The average molecular weight is 313 g/mol. The van der Waals surface area contributed by atoms with Crippen LogP contribution in [-0.4, -0.2) is 32.5 Å². The van der Waals surface area contributed by atoms with Crippen molar-refractivity contribution in [3.8, 4) is 0 Å². The number of thioether (sulfide) groups is 1. The van der Waals surface area contributed by atoms with Crippen molar-refractivity contribution < 1.29 is 4.79 Å². The molecule has 0 bridgehead atoms. The van der Waals surface area contributed by atoms with Gasteiger partial charge in [-0.05, 0) is 48.2 Å². The van der Waals surface area contributed by atoms with E-state index in [1.54, 1.807) is 30.1 Å². The van der Waals surface area contributed by atoms with E-state index in [2.05, 4.69) is 10.5 Å². The Morgan fingerprint density at radius 1 is 1.09 bits per heavy atom. The summed E-state index contributed by atoms with van der Waals surface area (Å²) in [5, 5.41) is 3.99. The van der Waals surface area contributed by atoms with Crippen LogP contribution in [0.25, 0.3) is 0 Å². The summed E-state index contributed by atoms with van der Waals surface area (Å²) >= 11 is 1.69. The molecule has 114 valence electrons. The molecule has 22 heavy (non-hydrogen) atoms. The maximum Gasteiger partial charge on any atom is 0.271 e. The molecule has 0 saturated heterocycles. The molecule has 0 fully saturated rings. The molecule has 2 aromatic rings. The monoisotopic (exact) mass is 313 g/mol. The third-order valence-electron chi connectivity index (χ3n) is 3.14. The summed E-state index contributed by atoms with van der Waals surface area (Å²) in [5.41, 5.74) is 5.12. The van der Waals surface area contributed by atoms with E-state index >= 15 is 0 Å². The molecule has 0 spiro atoms. The number of hydrogen-bond acceptors (Lipinski definition) is 4. The molecular weight excluding hydrogens is 294 g/mol. The molecule has 5 heteroatoms. The summed E-state index contributed by atoms with van der Waals surface area (Å²) in [5.74, 6) is -0.220. The number of nitrogens with one attached hydrogen (secondary N) is 1. The van der Waals surface area contributed by atoms with Gasteiger partial charge in [0.1, 0.15) is 0 Å². The molecular formula is C17H19N3OS. The van der Waals surface area contributed by atoms with Gasteiger partial charge in [0.15, 0.2) is 0 Å². The first-order valence-corrected chi connectivity index (χ1v) is 8.07. The molecule has 0 saturated carbocycles. The third kappa shape index (κ3) is 4.36. The van der Waals surface area contributed by atoms with Crippen LogP contribution in [-0.2, 0) is 0 Å². The largest absolute Gasteiger partial charge is 0.378 e. The fraction of sp³-hybridized carbons (Fsp3) is 0.176. The zero-order valence-electron chi connectivity index (χ0n) is 12.9. The predicted octanol–water partition coefficient (Wildman–Crippen LogP) is 3.24. The molecule has 0 heterocycles. The number of benzene rings is 2. The minimum atomic E-state index is -0.220. The van der Waals surface area contributed by atoms with Gasteiger partial charge in [-0.2, -0.15) is 5.10 Å². The maximum atomic E-state index is 12.0. The molecule has 1 amide bonds. The van der Waals surface area contributed by atoms with E-state index in [-0.39, 0.29) is 5.91 Å². The molecule has 2 aromatic carbocycles. The molecule has 0 unspecified atom stereocenters. The van der Waals surface area contributed by atoms with E-state index < -0.39 is 0 Å². The van der Waals surface area contributed by atoms with E-state index in [0.717, 1.165) is 11.3 Å². The van der Waals surface area contributed by atoms with Gasteiger partial charge in [-0.25, -0.2) is 5.43 Å². The Morgan fingerprint density at radius 2 is 1.73 bits per heavy atom. The molecule has 0 aliphatic heterocycles. The summed E-state index contributed by atoms with van der Waals surface area (Å²) in [6, 6.07) is 15.3. The van der Waals surface area contributed by atoms with Crippen LogP contribution in [0.3, 0.4) is 0 Å². The number of hydrogen-bond donors (Lipinski definition) is 1. The van der Waals surface area contributed by atoms with Crippen LogP contribution in [0.2, 0.25) is 0 Å². The summed E-state index contributed by atoms with van der Waals surface area (Å²) in [7, 11) is 3.92. The SMILES string of the molecule is CSc1ccc(/C=N/NC(=O)c2ccc(N(C)C)cc2)cc1. The van der Waals surface area contributed by atoms with Crippen LogP contribution in [0, 0.1) is 0 Å². The lowest BCUT2D eigenvalue weighted by Crippen LogP contribution is -2.17. The van der Waals surface area contributed by atoms with Crippen molar-refractivity contribution >= 4 is 29.6 Å². The molecule has 0 aromatic heterocycles. The summed E-state index contributed by atoms with van der Waals surface area (Å²) < 4.78 is 0. The Balaban J connectivity index is 1.95. The third-order valence-corrected chi connectivity index (χ3v) is 3.88. The fourth-order valence-corrected chi connectivity index (χ4v) is 2.24. The summed E-state index contributed by atoms with van der Waals surface area (Å²) in [6.45, 7) is 0. The van der Waals surface area contributed by atoms with Crippen molar-refractivity contribution in [3.63, 3.8) is 0 Å². The Kier molecular flexibility index (Phi) is 5.61. The molecule has 0 atom stereocenters. The second-order valence-corrected chi connectivity index (χ2v) is 5.79. The van der Waals surface area contributed by atoms with E-state index in [1.807, 2.05) is 61.6 Å². The minimum Gasteiger partial charge on any atom is -0.378 e. The first-order valence-electron chi connectivity index (χ1n) is 6.85. The fourth-order valence-electron chi connectivity index (χ4n) is 1.83. The Morgan fingerprint density at radius 3 is 2.27 bits per heavy atom. The standard InChI is InChI=1S/C17H19N3OS/c1-20(2)15-8-6-14(7-9-15)17(21)19-18-12-13-4-10-16(22-3)11-5-13/h4-12H,1-3H3,(H,19,21)/b18-12+. The second-order valence-electron chi connectivity index (χ2n) is 4.91. The molecule has 2 rings (SSSR count).